The Morgan fingerprint density at radius 1 is 1.17 bits per heavy atom. The normalized spacial score (nSPS) is 20.7. The lowest BCUT2D eigenvalue weighted by molar-refractivity contribution is -0.127. The zero-order valence-corrected chi connectivity index (χ0v) is 19.5. The van der Waals surface area contributed by atoms with Gasteiger partial charge in [0.15, 0.2) is 5.75 Å². The average molecular weight is 513 g/mol. The minimum absolute atomic E-state index is 0.00995. The topological polar surface area (TPSA) is 106 Å². The van der Waals surface area contributed by atoms with E-state index in [2.05, 4.69) is 15.3 Å². The van der Waals surface area contributed by atoms with Crippen LogP contribution in [0.25, 0.3) is 11.4 Å². The minimum Gasteiger partial charge on any atom is -0.489 e. The van der Waals surface area contributed by atoms with Crippen LogP contribution >= 0.6 is 11.6 Å². The van der Waals surface area contributed by atoms with Crippen molar-refractivity contribution in [1.29, 1.82) is 0 Å². The number of anilines is 2. The van der Waals surface area contributed by atoms with Crippen molar-refractivity contribution in [3.05, 3.63) is 28.3 Å². The maximum atomic E-state index is 13.7. The average Bonchev–Trinajstić information content (AvgIpc) is 2.98. The second-order valence-electron chi connectivity index (χ2n) is 8.60. The number of halogens is 4. The fourth-order valence-electron chi connectivity index (χ4n) is 4.59. The van der Waals surface area contributed by atoms with E-state index in [-0.39, 0.29) is 63.5 Å². The molecule has 0 aliphatic carbocycles. The molecule has 2 aromatic rings. The lowest BCUT2D eigenvalue weighted by Crippen LogP contribution is -2.55. The van der Waals surface area contributed by atoms with Gasteiger partial charge in [-0.05, 0) is 11.6 Å². The van der Waals surface area contributed by atoms with Gasteiger partial charge in [-0.25, -0.2) is 9.97 Å². The summed E-state index contributed by atoms with van der Waals surface area (Å²) >= 11 is 6.72. The smallest absolute Gasteiger partial charge is 0.393 e. The molecule has 9 nitrogen and oxygen atoms in total. The molecule has 2 fully saturated rings. The fourth-order valence-corrected chi connectivity index (χ4v) is 4.87. The first-order valence-electron chi connectivity index (χ1n) is 11.3. The number of carbonyl (C=O) groups excluding carboxylic acids is 1. The summed E-state index contributed by atoms with van der Waals surface area (Å²) in [5, 5.41) is 3.17. The lowest BCUT2D eigenvalue weighted by Gasteiger charge is -2.35. The predicted molar refractivity (Wildman–Crippen MR) is 123 cm³/mol. The number of rotatable bonds is 3. The second kappa shape index (κ2) is 9.32. The van der Waals surface area contributed by atoms with E-state index in [4.69, 9.17) is 26.8 Å². The van der Waals surface area contributed by atoms with E-state index in [1.54, 1.807) is 4.90 Å². The van der Waals surface area contributed by atoms with Gasteiger partial charge in [0.1, 0.15) is 34.5 Å². The van der Waals surface area contributed by atoms with Crippen molar-refractivity contribution in [2.45, 2.75) is 18.6 Å². The van der Waals surface area contributed by atoms with Gasteiger partial charge in [0.05, 0.1) is 31.4 Å². The van der Waals surface area contributed by atoms with Crippen molar-refractivity contribution >= 4 is 29.1 Å². The number of nitrogens with two attached hydrogens (primary N) is 1. The van der Waals surface area contributed by atoms with Gasteiger partial charge >= 0.3 is 6.18 Å². The van der Waals surface area contributed by atoms with E-state index in [1.165, 1.54) is 12.1 Å². The third-order valence-electron chi connectivity index (χ3n) is 6.25. The van der Waals surface area contributed by atoms with E-state index in [0.717, 1.165) is 0 Å². The summed E-state index contributed by atoms with van der Waals surface area (Å²) in [5.74, 6) is 0.128. The van der Waals surface area contributed by atoms with Crippen LogP contribution in [0.1, 0.15) is 15.9 Å². The number of piperazine rings is 1. The molecule has 5 rings (SSSR count). The highest BCUT2D eigenvalue weighted by Gasteiger charge is 2.39. The van der Waals surface area contributed by atoms with Crippen molar-refractivity contribution in [1.82, 2.24) is 20.2 Å². The van der Waals surface area contributed by atoms with Crippen LogP contribution in [0.5, 0.6) is 5.75 Å². The molecule has 3 N–H and O–H groups in total. The summed E-state index contributed by atoms with van der Waals surface area (Å²) in [7, 11) is 0. The Bertz CT molecular complexity index is 1140. The van der Waals surface area contributed by atoms with Gasteiger partial charge in [0.25, 0.3) is 5.91 Å². The Labute approximate surface area is 204 Å². The Morgan fingerprint density at radius 2 is 1.94 bits per heavy atom. The number of aromatic nitrogens is 2. The number of ether oxygens (including phenoxy) is 2. The number of fused-ring (bicyclic) bond motifs is 2. The third-order valence-corrected chi connectivity index (χ3v) is 6.60. The number of nitrogens with zero attached hydrogens (tertiary/aromatic N) is 4. The minimum atomic E-state index is -4.49. The standard InChI is InChI=1S/C22H24ClF3N6O3/c23-16-18(17-12(9-22(24,25)26)1-2-14(27)29-17)30-20(31-5-7-34-8-6-31)15-19(16)35-11-13-10-28-3-4-32(13)21(15)33/h1-2,13,28H,3-11H2,(H2,27,29)/t13-/m1/s1. The van der Waals surface area contributed by atoms with Crippen molar-refractivity contribution in [2.24, 2.45) is 0 Å². The molecule has 13 heteroatoms. The number of hydrogen-bond acceptors (Lipinski definition) is 8. The summed E-state index contributed by atoms with van der Waals surface area (Å²) in [6.45, 7) is 3.56. The summed E-state index contributed by atoms with van der Waals surface area (Å²) < 4.78 is 51.5. The largest absolute Gasteiger partial charge is 0.489 e. The quantitative estimate of drug-likeness (QED) is 0.644. The van der Waals surface area contributed by atoms with Crippen LogP contribution in [-0.4, -0.2) is 85.5 Å². The van der Waals surface area contributed by atoms with Crippen LogP contribution in [0.2, 0.25) is 5.02 Å². The Morgan fingerprint density at radius 3 is 2.69 bits per heavy atom. The SMILES string of the molecule is Nc1ccc(CC(F)(F)F)c(-c2nc(N3CCOCC3)c3c(c2Cl)OC[C@H]2CNCCN2C3=O)n1. The van der Waals surface area contributed by atoms with Gasteiger partial charge in [-0.1, -0.05) is 17.7 Å². The van der Waals surface area contributed by atoms with Crippen molar-refractivity contribution in [3.63, 3.8) is 0 Å². The third kappa shape index (κ3) is 4.69. The van der Waals surface area contributed by atoms with Crippen LogP contribution in [0.4, 0.5) is 24.8 Å². The number of alkyl halides is 3. The molecule has 5 heterocycles. The van der Waals surface area contributed by atoms with E-state index in [0.29, 0.717) is 45.9 Å². The maximum absolute atomic E-state index is 13.7. The Hall–Kier alpha value is -2.83. The zero-order chi connectivity index (χ0) is 24.7. The van der Waals surface area contributed by atoms with Gasteiger partial charge < -0.3 is 30.3 Å². The molecule has 3 aliphatic heterocycles. The highest BCUT2D eigenvalue weighted by molar-refractivity contribution is 6.35. The summed E-state index contributed by atoms with van der Waals surface area (Å²) in [4.78, 5) is 26.1. The van der Waals surface area contributed by atoms with Crippen LogP contribution in [0.3, 0.4) is 0 Å². The molecule has 35 heavy (non-hydrogen) atoms. The number of amides is 1. The molecular formula is C22H24ClF3N6O3. The Balaban J connectivity index is 1.71. The van der Waals surface area contributed by atoms with Gasteiger partial charge in [0, 0.05) is 32.7 Å². The van der Waals surface area contributed by atoms with E-state index in [1.807, 2.05) is 4.90 Å². The van der Waals surface area contributed by atoms with E-state index >= 15 is 0 Å². The highest BCUT2D eigenvalue weighted by Crippen LogP contribution is 2.44. The summed E-state index contributed by atoms with van der Waals surface area (Å²) in [6.07, 6.45) is -5.72. The van der Waals surface area contributed by atoms with Crippen LogP contribution in [0.15, 0.2) is 12.1 Å². The molecule has 0 radical (unpaired) electrons. The van der Waals surface area contributed by atoms with Crippen LogP contribution in [0, 0.1) is 0 Å². The van der Waals surface area contributed by atoms with E-state index < -0.39 is 12.6 Å². The molecular weight excluding hydrogens is 489 g/mol. The molecule has 1 amide bonds. The molecule has 2 saturated heterocycles. The van der Waals surface area contributed by atoms with Gasteiger partial charge in [-0.3, -0.25) is 4.79 Å². The molecule has 0 bridgehead atoms. The lowest BCUT2D eigenvalue weighted by atomic mass is 10.0. The number of morpholine rings is 1. The number of hydrogen-bond donors (Lipinski definition) is 2. The first-order chi connectivity index (χ1) is 16.7. The summed E-state index contributed by atoms with van der Waals surface area (Å²) in [5.41, 5.74) is 5.80. The number of nitrogens with one attached hydrogen (secondary N) is 1. The molecule has 188 valence electrons. The molecule has 2 aromatic heterocycles. The van der Waals surface area contributed by atoms with Gasteiger partial charge in [0.2, 0.25) is 0 Å². The van der Waals surface area contributed by atoms with Crippen molar-refractivity contribution in [2.75, 3.05) is 63.2 Å². The summed E-state index contributed by atoms with van der Waals surface area (Å²) in [6, 6.07) is 2.35. The fraction of sp³-hybridized carbons (Fsp3) is 0.500. The second-order valence-corrected chi connectivity index (χ2v) is 8.98. The number of carbonyl (C=O) groups is 1. The van der Waals surface area contributed by atoms with Gasteiger partial charge in [-0.2, -0.15) is 13.2 Å². The first kappa shape index (κ1) is 23.9. The van der Waals surface area contributed by atoms with Gasteiger partial charge in [-0.15, -0.1) is 0 Å². The molecule has 0 unspecified atom stereocenters. The molecule has 0 saturated carbocycles. The molecule has 1 atom stereocenters. The molecule has 3 aliphatic rings. The zero-order valence-electron chi connectivity index (χ0n) is 18.7. The van der Waals surface area contributed by atoms with Crippen LogP contribution in [-0.2, 0) is 11.2 Å². The molecule has 0 aromatic carbocycles. The van der Waals surface area contributed by atoms with Crippen molar-refractivity contribution in [3.8, 4) is 17.1 Å². The highest BCUT2D eigenvalue weighted by atomic mass is 35.5. The number of pyridine rings is 2. The Kier molecular flexibility index (Phi) is 6.36. The van der Waals surface area contributed by atoms with Crippen molar-refractivity contribution < 1.29 is 27.4 Å². The maximum Gasteiger partial charge on any atom is 0.393 e. The van der Waals surface area contributed by atoms with E-state index in [9.17, 15) is 18.0 Å². The predicted octanol–water partition coefficient (Wildman–Crippen LogP) is 2.13. The van der Waals surface area contributed by atoms with Crippen LogP contribution < -0.4 is 20.7 Å². The monoisotopic (exact) mass is 512 g/mol. The first-order valence-corrected chi connectivity index (χ1v) is 11.6. The molecule has 0 spiro atoms. The number of nitrogen functional groups attached to an aromatic ring is 1.